The monoisotopic (exact) mass is 393 g/mol. The van der Waals surface area contributed by atoms with Crippen LogP contribution in [-0.4, -0.2) is 35.6 Å². The number of rotatable bonds is 5. The number of nitrogens with zero attached hydrogens (tertiary/aromatic N) is 2. The van der Waals surface area contributed by atoms with E-state index in [9.17, 15) is 9.59 Å². The molecule has 0 atom stereocenters. The van der Waals surface area contributed by atoms with Crippen molar-refractivity contribution in [2.75, 3.05) is 19.0 Å². The Bertz CT molecular complexity index is 1190. The number of anilines is 1. The lowest BCUT2D eigenvalue weighted by atomic mass is 10.2. The van der Waals surface area contributed by atoms with E-state index in [2.05, 4.69) is 15.3 Å². The number of esters is 1. The van der Waals surface area contributed by atoms with Crippen LogP contribution in [0.5, 0.6) is 5.75 Å². The van der Waals surface area contributed by atoms with E-state index in [1.807, 2.05) is 30.3 Å². The number of carbonyl (C=O) groups is 2. The normalized spacial score (nSPS) is 10.8. The van der Waals surface area contributed by atoms with Gasteiger partial charge in [0.2, 0.25) is 0 Å². The van der Waals surface area contributed by atoms with Gasteiger partial charge in [-0.3, -0.25) is 10.1 Å². The van der Waals surface area contributed by atoms with E-state index in [4.69, 9.17) is 9.47 Å². The van der Waals surface area contributed by atoms with Crippen molar-refractivity contribution >= 4 is 49.5 Å². The molecule has 0 spiro atoms. The molecule has 0 aliphatic carbocycles. The number of nitrogens with one attached hydrogen (secondary N) is 1. The van der Waals surface area contributed by atoms with Crippen LogP contribution in [0.3, 0.4) is 0 Å². The van der Waals surface area contributed by atoms with Gasteiger partial charge in [-0.05, 0) is 30.3 Å². The van der Waals surface area contributed by atoms with Crippen LogP contribution < -0.4 is 10.1 Å². The standard InChI is InChI=1S/C20H15N3O4S/c1-26-13-7-9-15-17(10-13)28-20(22-15)23-18(24)11-27-19(25)16-8-6-12-4-2-3-5-14(12)21-16/h2-10H,11H2,1H3,(H,22,23,24). The average molecular weight is 393 g/mol. The number of para-hydroxylation sites is 1. The van der Waals surface area contributed by atoms with Crippen LogP contribution >= 0.6 is 11.3 Å². The van der Waals surface area contributed by atoms with Gasteiger partial charge >= 0.3 is 5.97 Å². The summed E-state index contributed by atoms with van der Waals surface area (Å²) in [6.07, 6.45) is 0. The van der Waals surface area contributed by atoms with Gasteiger partial charge in [-0.25, -0.2) is 14.8 Å². The molecule has 2 aromatic heterocycles. The Morgan fingerprint density at radius 2 is 1.89 bits per heavy atom. The van der Waals surface area contributed by atoms with Crippen molar-refractivity contribution < 1.29 is 19.1 Å². The third kappa shape index (κ3) is 3.77. The summed E-state index contributed by atoms with van der Waals surface area (Å²) in [7, 11) is 1.59. The molecule has 4 rings (SSSR count). The third-order valence-corrected chi connectivity index (χ3v) is 4.92. The van der Waals surface area contributed by atoms with Crippen LogP contribution in [0.25, 0.3) is 21.1 Å². The summed E-state index contributed by atoms with van der Waals surface area (Å²) in [5, 5.41) is 3.98. The molecule has 2 heterocycles. The van der Waals surface area contributed by atoms with Crippen LogP contribution in [0.2, 0.25) is 0 Å². The molecule has 2 aromatic carbocycles. The maximum Gasteiger partial charge on any atom is 0.357 e. The third-order valence-electron chi connectivity index (χ3n) is 3.98. The number of hydrogen-bond donors (Lipinski definition) is 1. The zero-order chi connectivity index (χ0) is 19.5. The number of fused-ring (bicyclic) bond motifs is 2. The molecular weight excluding hydrogens is 378 g/mol. The minimum Gasteiger partial charge on any atom is -0.497 e. The van der Waals surface area contributed by atoms with Gasteiger partial charge in [0, 0.05) is 5.39 Å². The number of carbonyl (C=O) groups excluding carboxylic acids is 2. The fraction of sp³-hybridized carbons (Fsp3) is 0.100. The summed E-state index contributed by atoms with van der Waals surface area (Å²) >= 11 is 1.31. The molecule has 7 nitrogen and oxygen atoms in total. The van der Waals surface area contributed by atoms with Crippen LogP contribution in [-0.2, 0) is 9.53 Å². The number of ether oxygens (including phenoxy) is 2. The molecule has 140 valence electrons. The minimum atomic E-state index is -0.657. The van der Waals surface area contributed by atoms with Crippen molar-refractivity contribution in [3.05, 3.63) is 60.3 Å². The highest BCUT2D eigenvalue weighted by molar-refractivity contribution is 7.22. The van der Waals surface area contributed by atoms with Crippen molar-refractivity contribution in [2.24, 2.45) is 0 Å². The second kappa shape index (κ2) is 7.61. The predicted molar refractivity (Wildman–Crippen MR) is 107 cm³/mol. The van der Waals surface area contributed by atoms with E-state index in [1.165, 1.54) is 11.3 Å². The SMILES string of the molecule is COc1ccc2nc(NC(=O)COC(=O)c3ccc4ccccc4n3)sc2c1. The maximum absolute atomic E-state index is 12.2. The molecular formula is C20H15N3O4S. The lowest BCUT2D eigenvalue weighted by Crippen LogP contribution is -2.21. The van der Waals surface area contributed by atoms with Gasteiger partial charge in [0.15, 0.2) is 11.7 Å². The van der Waals surface area contributed by atoms with E-state index < -0.39 is 18.5 Å². The van der Waals surface area contributed by atoms with Crippen molar-refractivity contribution in [3.8, 4) is 5.75 Å². The quantitative estimate of drug-likeness (QED) is 0.521. The largest absolute Gasteiger partial charge is 0.497 e. The van der Waals surface area contributed by atoms with Crippen LogP contribution in [0.1, 0.15) is 10.5 Å². The first-order valence-electron chi connectivity index (χ1n) is 8.40. The number of thiazole rings is 1. The highest BCUT2D eigenvalue weighted by Gasteiger charge is 2.14. The zero-order valence-corrected chi connectivity index (χ0v) is 15.7. The second-order valence-electron chi connectivity index (χ2n) is 5.87. The van der Waals surface area contributed by atoms with Crippen LogP contribution in [0.4, 0.5) is 5.13 Å². The lowest BCUT2D eigenvalue weighted by molar-refractivity contribution is -0.119. The Morgan fingerprint density at radius 3 is 2.75 bits per heavy atom. The highest BCUT2D eigenvalue weighted by atomic mass is 32.1. The molecule has 0 saturated carbocycles. The fourth-order valence-electron chi connectivity index (χ4n) is 2.63. The summed E-state index contributed by atoms with van der Waals surface area (Å²) in [5.74, 6) is -0.416. The lowest BCUT2D eigenvalue weighted by Gasteiger charge is -2.05. The predicted octanol–water partition coefficient (Wildman–Crippen LogP) is 3.65. The number of pyridine rings is 1. The van der Waals surface area contributed by atoms with Crippen LogP contribution in [0.15, 0.2) is 54.6 Å². The minimum absolute atomic E-state index is 0.151. The number of benzene rings is 2. The number of methoxy groups -OCH3 is 1. The van der Waals surface area contributed by atoms with Crippen molar-refractivity contribution in [1.29, 1.82) is 0 Å². The summed E-state index contributed by atoms with van der Waals surface area (Å²) in [5.41, 5.74) is 1.59. The number of aromatic nitrogens is 2. The maximum atomic E-state index is 12.2. The molecule has 8 heteroatoms. The van der Waals surface area contributed by atoms with Crippen molar-refractivity contribution in [3.63, 3.8) is 0 Å². The van der Waals surface area contributed by atoms with E-state index >= 15 is 0 Å². The van der Waals surface area contributed by atoms with Gasteiger partial charge in [0.25, 0.3) is 5.91 Å². The molecule has 0 aliphatic heterocycles. The van der Waals surface area contributed by atoms with Gasteiger partial charge in [-0.15, -0.1) is 0 Å². The number of amides is 1. The first-order valence-corrected chi connectivity index (χ1v) is 9.21. The van der Waals surface area contributed by atoms with Gasteiger partial charge in [-0.2, -0.15) is 0 Å². The summed E-state index contributed by atoms with van der Waals surface area (Å²) in [6, 6.07) is 16.2. The second-order valence-corrected chi connectivity index (χ2v) is 6.90. The molecule has 0 aliphatic rings. The molecule has 0 fully saturated rings. The Labute approximate surface area is 163 Å². The van der Waals surface area contributed by atoms with Crippen LogP contribution in [0, 0.1) is 0 Å². The first-order chi connectivity index (χ1) is 13.6. The molecule has 1 amide bonds. The van der Waals surface area contributed by atoms with E-state index in [-0.39, 0.29) is 5.69 Å². The summed E-state index contributed by atoms with van der Waals surface area (Å²) in [4.78, 5) is 32.8. The topological polar surface area (TPSA) is 90.4 Å². The van der Waals surface area contributed by atoms with Gasteiger partial charge in [0.1, 0.15) is 11.4 Å². The van der Waals surface area contributed by atoms with Crippen molar-refractivity contribution in [1.82, 2.24) is 9.97 Å². The Kier molecular flexibility index (Phi) is 4.86. The first kappa shape index (κ1) is 17.9. The molecule has 0 radical (unpaired) electrons. The van der Waals surface area contributed by atoms with E-state index in [1.54, 1.807) is 31.4 Å². The van der Waals surface area contributed by atoms with Gasteiger partial charge < -0.3 is 9.47 Å². The van der Waals surface area contributed by atoms with E-state index in [0.717, 1.165) is 15.6 Å². The molecule has 4 aromatic rings. The summed E-state index contributed by atoms with van der Waals surface area (Å²) in [6.45, 7) is -0.424. The summed E-state index contributed by atoms with van der Waals surface area (Å²) < 4.78 is 11.1. The zero-order valence-electron chi connectivity index (χ0n) is 14.8. The Morgan fingerprint density at radius 1 is 1.04 bits per heavy atom. The molecule has 1 N–H and O–H groups in total. The molecule has 0 saturated heterocycles. The van der Waals surface area contributed by atoms with Crippen molar-refractivity contribution in [2.45, 2.75) is 0 Å². The smallest absolute Gasteiger partial charge is 0.357 e. The highest BCUT2D eigenvalue weighted by Crippen LogP contribution is 2.29. The van der Waals surface area contributed by atoms with Gasteiger partial charge in [-0.1, -0.05) is 35.6 Å². The fourth-order valence-corrected chi connectivity index (χ4v) is 3.54. The van der Waals surface area contributed by atoms with Gasteiger partial charge in [0.05, 0.1) is 22.8 Å². The Hall–Kier alpha value is -3.52. The molecule has 0 unspecified atom stereocenters. The average Bonchev–Trinajstić information content (AvgIpc) is 3.12. The number of hydrogen-bond acceptors (Lipinski definition) is 7. The molecule has 0 bridgehead atoms. The Balaban J connectivity index is 1.38. The molecule has 28 heavy (non-hydrogen) atoms. The van der Waals surface area contributed by atoms with E-state index in [0.29, 0.717) is 16.4 Å².